The lowest BCUT2D eigenvalue weighted by atomic mass is 9.95. The maximum Gasteiger partial charge on any atom is 0.243 e. The molecule has 1 aliphatic rings. The second-order valence-corrected chi connectivity index (χ2v) is 4.50. The van der Waals surface area contributed by atoms with Gasteiger partial charge in [0.25, 0.3) is 0 Å². The first-order chi connectivity index (χ1) is 9.33. The van der Waals surface area contributed by atoms with Crippen molar-refractivity contribution in [2.75, 3.05) is 5.32 Å². The summed E-state index contributed by atoms with van der Waals surface area (Å²) in [7, 11) is 0. The molecule has 0 aliphatic carbocycles. The van der Waals surface area contributed by atoms with Crippen LogP contribution in [0.4, 0.5) is 5.82 Å². The number of benzene rings is 1. The molecule has 0 radical (unpaired) electrons. The van der Waals surface area contributed by atoms with E-state index in [-0.39, 0.29) is 11.9 Å². The highest BCUT2D eigenvalue weighted by Crippen LogP contribution is 2.16. The van der Waals surface area contributed by atoms with Gasteiger partial charge in [-0.25, -0.2) is 0 Å². The molecule has 0 saturated heterocycles. The van der Waals surface area contributed by atoms with Crippen molar-refractivity contribution in [2.45, 2.75) is 19.0 Å². The number of rotatable bonds is 2. The van der Waals surface area contributed by atoms with Crippen molar-refractivity contribution >= 4 is 11.7 Å². The van der Waals surface area contributed by atoms with Crippen molar-refractivity contribution in [3.8, 4) is 0 Å². The van der Waals surface area contributed by atoms with Crippen LogP contribution in [-0.4, -0.2) is 22.1 Å². The Balaban J connectivity index is 1.70. The van der Waals surface area contributed by atoms with Gasteiger partial charge in [-0.3, -0.25) is 4.79 Å². The highest BCUT2D eigenvalue weighted by Gasteiger charge is 2.23. The van der Waals surface area contributed by atoms with Crippen LogP contribution in [0.2, 0.25) is 0 Å². The molecule has 2 aromatic rings. The number of aromatic nitrogens is 2. The lowest BCUT2D eigenvalue weighted by molar-refractivity contribution is -0.118. The Labute approximate surface area is 111 Å². The van der Waals surface area contributed by atoms with Crippen molar-refractivity contribution < 1.29 is 4.79 Å². The summed E-state index contributed by atoms with van der Waals surface area (Å²) < 4.78 is 0. The monoisotopic (exact) mass is 254 g/mol. The molecular weight excluding hydrogens is 240 g/mol. The Morgan fingerprint density at radius 3 is 2.84 bits per heavy atom. The van der Waals surface area contributed by atoms with Gasteiger partial charge in [0.2, 0.25) is 5.91 Å². The molecule has 0 bridgehead atoms. The molecule has 1 aromatic carbocycles. The van der Waals surface area contributed by atoms with Crippen molar-refractivity contribution in [3.63, 3.8) is 0 Å². The largest absolute Gasteiger partial charge is 0.308 e. The average molecular weight is 254 g/mol. The summed E-state index contributed by atoms with van der Waals surface area (Å²) in [4.78, 5) is 12.1. The van der Waals surface area contributed by atoms with Gasteiger partial charge in [0.15, 0.2) is 5.82 Å². The van der Waals surface area contributed by atoms with Crippen molar-refractivity contribution in [3.05, 3.63) is 53.7 Å². The van der Waals surface area contributed by atoms with E-state index in [2.05, 4.69) is 33.0 Å². The Bertz CT molecular complexity index is 585. The van der Waals surface area contributed by atoms with Crippen LogP contribution >= 0.6 is 0 Å². The van der Waals surface area contributed by atoms with E-state index in [9.17, 15) is 4.79 Å². The predicted molar refractivity (Wildman–Crippen MR) is 71.4 cm³/mol. The Hall–Kier alpha value is -2.27. The number of amides is 1. The van der Waals surface area contributed by atoms with Gasteiger partial charge in [-0.15, -0.1) is 5.10 Å². The minimum atomic E-state index is -0.225. The van der Waals surface area contributed by atoms with Crippen LogP contribution in [0.15, 0.2) is 42.6 Å². The van der Waals surface area contributed by atoms with Crippen molar-refractivity contribution in [1.82, 2.24) is 15.5 Å². The van der Waals surface area contributed by atoms with Gasteiger partial charge in [0, 0.05) is 12.7 Å². The van der Waals surface area contributed by atoms with Crippen molar-refractivity contribution in [2.24, 2.45) is 0 Å². The van der Waals surface area contributed by atoms with E-state index in [0.29, 0.717) is 18.8 Å². The number of nitrogens with zero attached hydrogens (tertiary/aromatic N) is 2. The SMILES string of the molecule is O=C(Nc1cccnn1)[C@@H]1Cc2ccccc2CN1. The molecule has 1 aromatic heterocycles. The number of nitrogens with one attached hydrogen (secondary N) is 2. The maximum absolute atomic E-state index is 12.1. The molecule has 1 amide bonds. The fourth-order valence-electron chi connectivity index (χ4n) is 2.22. The van der Waals surface area contributed by atoms with Gasteiger partial charge in [0.05, 0.1) is 6.04 Å². The van der Waals surface area contributed by atoms with Crippen LogP contribution in [0, 0.1) is 0 Å². The molecule has 0 fully saturated rings. The fraction of sp³-hybridized carbons (Fsp3) is 0.214. The molecule has 1 atom stereocenters. The Morgan fingerprint density at radius 1 is 1.21 bits per heavy atom. The minimum Gasteiger partial charge on any atom is -0.308 e. The minimum absolute atomic E-state index is 0.0741. The normalized spacial score (nSPS) is 17.6. The zero-order valence-electron chi connectivity index (χ0n) is 10.3. The zero-order valence-corrected chi connectivity index (χ0v) is 10.3. The van der Waals surface area contributed by atoms with E-state index >= 15 is 0 Å². The zero-order chi connectivity index (χ0) is 13.1. The third-order valence-corrected chi connectivity index (χ3v) is 3.22. The number of fused-ring (bicyclic) bond motifs is 1. The molecule has 5 nitrogen and oxygen atoms in total. The summed E-state index contributed by atoms with van der Waals surface area (Å²) in [6, 6.07) is 11.4. The summed E-state index contributed by atoms with van der Waals surface area (Å²) in [5, 5.41) is 13.6. The molecule has 5 heteroatoms. The third-order valence-electron chi connectivity index (χ3n) is 3.22. The number of carbonyl (C=O) groups is 1. The second-order valence-electron chi connectivity index (χ2n) is 4.50. The predicted octanol–water partition coefficient (Wildman–Crippen LogP) is 1.13. The summed E-state index contributed by atoms with van der Waals surface area (Å²) in [5.74, 6) is 0.406. The van der Waals surface area contributed by atoms with Crippen LogP contribution in [-0.2, 0) is 17.8 Å². The van der Waals surface area contributed by atoms with Gasteiger partial charge < -0.3 is 10.6 Å². The summed E-state index contributed by atoms with van der Waals surface area (Å²) in [6.07, 6.45) is 2.27. The van der Waals surface area contributed by atoms with Crippen molar-refractivity contribution in [1.29, 1.82) is 0 Å². The van der Waals surface area contributed by atoms with E-state index in [1.165, 1.54) is 11.1 Å². The highest BCUT2D eigenvalue weighted by molar-refractivity contribution is 5.94. The van der Waals surface area contributed by atoms with E-state index in [4.69, 9.17) is 0 Å². The van der Waals surface area contributed by atoms with Crippen LogP contribution in [0.25, 0.3) is 0 Å². The van der Waals surface area contributed by atoms with E-state index in [1.54, 1.807) is 18.3 Å². The first-order valence-corrected chi connectivity index (χ1v) is 6.21. The standard InChI is InChI=1S/C14H14N4O/c19-14(17-13-6-3-7-16-18-13)12-8-10-4-1-2-5-11(10)9-15-12/h1-7,12,15H,8-9H2,(H,17,18,19)/t12-/m0/s1. The van der Waals surface area contributed by atoms with Gasteiger partial charge in [-0.1, -0.05) is 24.3 Å². The molecule has 3 rings (SSSR count). The van der Waals surface area contributed by atoms with E-state index in [1.807, 2.05) is 12.1 Å². The molecule has 19 heavy (non-hydrogen) atoms. The lowest BCUT2D eigenvalue weighted by Crippen LogP contribution is -2.44. The first kappa shape index (κ1) is 11.8. The topological polar surface area (TPSA) is 66.9 Å². The summed E-state index contributed by atoms with van der Waals surface area (Å²) >= 11 is 0. The number of anilines is 1. The van der Waals surface area contributed by atoms with Gasteiger partial charge in [-0.05, 0) is 29.7 Å². The quantitative estimate of drug-likeness (QED) is 0.843. The highest BCUT2D eigenvalue weighted by atomic mass is 16.2. The first-order valence-electron chi connectivity index (χ1n) is 6.21. The average Bonchev–Trinajstić information content (AvgIpc) is 2.48. The number of hydrogen-bond donors (Lipinski definition) is 2. The maximum atomic E-state index is 12.1. The molecule has 96 valence electrons. The van der Waals surface area contributed by atoms with Gasteiger partial charge >= 0.3 is 0 Å². The smallest absolute Gasteiger partial charge is 0.243 e. The van der Waals surface area contributed by atoms with Crippen LogP contribution in [0.1, 0.15) is 11.1 Å². The summed E-state index contributed by atoms with van der Waals surface area (Å²) in [5.41, 5.74) is 2.48. The van der Waals surface area contributed by atoms with Gasteiger partial charge in [-0.2, -0.15) is 5.10 Å². The molecule has 2 heterocycles. The number of carbonyl (C=O) groups excluding carboxylic acids is 1. The Morgan fingerprint density at radius 2 is 2.05 bits per heavy atom. The third kappa shape index (κ3) is 2.61. The molecule has 0 spiro atoms. The molecule has 0 saturated carbocycles. The summed E-state index contributed by atoms with van der Waals surface area (Å²) in [6.45, 7) is 0.717. The molecule has 1 aliphatic heterocycles. The van der Waals surface area contributed by atoms with Gasteiger partial charge in [0.1, 0.15) is 0 Å². The lowest BCUT2D eigenvalue weighted by Gasteiger charge is -2.25. The van der Waals surface area contributed by atoms with E-state index < -0.39 is 0 Å². The number of hydrogen-bond acceptors (Lipinski definition) is 4. The van der Waals surface area contributed by atoms with Crippen LogP contribution in [0.5, 0.6) is 0 Å². The van der Waals surface area contributed by atoms with Crippen LogP contribution < -0.4 is 10.6 Å². The van der Waals surface area contributed by atoms with Crippen LogP contribution in [0.3, 0.4) is 0 Å². The fourth-order valence-corrected chi connectivity index (χ4v) is 2.22. The molecular formula is C14H14N4O. The van der Waals surface area contributed by atoms with E-state index in [0.717, 1.165) is 0 Å². The Kier molecular flexibility index (Phi) is 3.20. The second kappa shape index (κ2) is 5.16. The molecule has 2 N–H and O–H groups in total. The molecule has 0 unspecified atom stereocenters.